The van der Waals surface area contributed by atoms with Crippen LogP contribution in [0.4, 0.5) is 5.69 Å². The summed E-state index contributed by atoms with van der Waals surface area (Å²) >= 11 is 3.43. The van der Waals surface area contributed by atoms with E-state index in [9.17, 15) is 4.79 Å². The predicted octanol–water partition coefficient (Wildman–Crippen LogP) is 3.67. The van der Waals surface area contributed by atoms with Crippen LogP contribution in [0.3, 0.4) is 0 Å². The minimum atomic E-state index is 0.0803. The minimum Gasteiger partial charge on any atom is -0.325 e. The lowest BCUT2D eigenvalue weighted by atomic mass is 9.92. The molecule has 0 spiro atoms. The van der Waals surface area contributed by atoms with Gasteiger partial charge in [0.2, 0.25) is 5.91 Å². The molecular formula is C16H23BrN2O. The van der Waals surface area contributed by atoms with Crippen LogP contribution in [0.2, 0.25) is 0 Å². The van der Waals surface area contributed by atoms with Crippen LogP contribution >= 0.6 is 15.9 Å². The van der Waals surface area contributed by atoms with Gasteiger partial charge in [-0.3, -0.25) is 9.69 Å². The summed E-state index contributed by atoms with van der Waals surface area (Å²) in [6, 6.07) is 5.91. The van der Waals surface area contributed by atoms with E-state index in [-0.39, 0.29) is 5.91 Å². The van der Waals surface area contributed by atoms with Gasteiger partial charge in [0.05, 0.1) is 6.54 Å². The van der Waals surface area contributed by atoms with Crippen molar-refractivity contribution in [3.05, 3.63) is 28.2 Å². The Morgan fingerprint density at radius 3 is 2.60 bits per heavy atom. The number of piperidine rings is 1. The number of carbonyl (C=O) groups is 1. The molecule has 0 bridgehead atoms. The van der Waals surface area contributed by atoms with Crippen LogP contribution in [0.25, 0.3) is 0 Å². The van der Waals surface area contributed by atoms with E-state index >= 15 is 0 Å². The Morgan fingerprint density at radius 2 is 2.00 bits per heavy atom. The largest absolute Gasteiger partial charge is 0.325 e. The summed E-state index contributed by atoms with van der Waals surface area (Å²) < 4.78 is 1.03. The Balaban J connectivity index is 1.92. The van der Waals surface area contributed by atoms with Gasteiger partial charge >= 0.3 is 0 Å². The van der Waals surface area contributed by atoms with Crippen molar-refractivity contribution in [2.45, 2.75) is 27.2 Å². The van der Waals surface area contributed by atoms with E-state index in [1.807, 2.05) is 25.1 Å². The van der Waals surface area contributed by atoms with Crippen molar-refractivity contribution in [3.8, 4) is 0 Å². The highest BCUT2D eigenvalue weighted by molar-refractivity contribution is 9.10. The summed E-state index contributed by atoms with van der Waals surface area (Å²) in [5, 5.41) is 3.01. The smallest absolute Gasteiger partial charge is 0.238 e. The Labute approximate surface area is 129 Å². The second-order valence-electron chi connectivity index (χ2n) is 6.15. The summed E-state index contributed by atoms with van der Waals surface area (Å²) in [4.78, 5) is 14.4. The molecule has 0 unspecified atom stereocenters. The Bertz CT molecular complexity index is 479. The zero-order valence-corrected chi connectivity index (χ0v) is 14.0. The zero-order chi connectivity index (χ0) is 14.7. The third-order valence-electron chi connectivity index (χ3n) is 3.77. The Morgan fingerprint density at radius 1 is 1.35 bits per heavy atom. The second kappa shape index (κ2) is 6.72. The summed E-state index contributed by atoms with van der Waals surface area (Å²) in [7, 11) is 0. The van der Waals surface area contributed by atoms with Crippen molar-refractivity contribution in [3.63, 3.8) is 0 Å². The number of halogens is 1. The van der Waals surface area contributed by atoms with Crippen LogP contribution in [-0.2, 0) is 4.79 Å². The fourth-order valence-corrected chi connectivity index (χ4v) is 3.56. The molecule has 0 aromatic heterocycles. The van der Waals surface area contributed by atoms with E-state index in [4.69, 9.17) is 0 Å². The van der Waals surface area contributed by atoms with E-state index in [0.29, 0.717) is 18.4 Å². The highest BCUT2D eigenvalue weighted by atomic mass is 79.9. The lowest BCUT2D eigenvalue weighted by Gasteiger charge is -2.34. The summed E-state index contributed by atoms with van der Waals surface area (Å²) in [5.41, 5.74) is 1.98. The number of likely N-dealkylation sites (tertiary alicyclic amines) is 1. The van der Waals surface area contributed by atoms with Crippen molar-refractivity contribution in [2.75, 3.05) is 25.0 Å². The number of benzene rings is 1. The van der Waals surface area contributed by atoms with E-state index in [1.54, 1.807) is 0 Å². The van der Waals surface area contributed by atoms with E-state index in [1.165, 1.54) is 6.42 Å². The summed E-state index contributed by atoms with van der Waals surface area (Å²) in [6.07, 6.45) is 1.27. The molecular weight excluding hydrogens is 316 g/mol. The fraction of sp³-hybridized carbons (Fsp3) is 0.562. The van der Waals surface area contributed by atoms with Gasteiger partial charge in [-0.1, -0.05) is 29.8 Å². The first-order chi connectivity index (χ1) is 9.44. The van der Waals surface area contributed by atoms with Crippen LogP contribution in [-0.4, -0.2) is 30.4 Å². The molecule has 2 atom stereocenters. The van der Waals surface area contributed by atoms with Crippen LogP contribution < -0.4 is 5.32 Å². The van der Waals surface area contributed by atoms with Gasteiger partial charge in [-0.25, -0.2) is 0 Å². The minimum absolute atomic E-state index is 0.0803. The van der Waals surface area contributed by atoms with Gasteiger partial charge in [-0.15, -0.1) is 0 Å². The maximum absolute atomic E-state index is 12.2. The van der Waals surface area contributed by atoms with Crippen molar-refractivity contribution in [1.82, 2.24) is 4.90 Å². The number of rotatable bonds is 3. The number of carbonyl (C=O) groups excluding carboxylic acids is 1. The van der Waals surface area contributed by atoms with Crippen molar-refractivity contribution >= 4 is 27.5 Å². The summed E-state index contributed by atoms with van der Waals surface area (Å²) in [6.45, 7) is 9.07. The third-order valence-corrected chi connectivity index (χ3v) is 4.27. The molecule has 1 heterocycles. The molecule has 20 heavy (non-hydrogen) atoms. The van der Waals surface area contributed by atoms with Gasteiger partial charge in [-0.05, 0) is 48.9 Å². The van der Waals surface area contributed by atoms with Crippen molar-refractivity contribution < 1.29 is 4.79 Å². The predicted molar refractivity (Wildman–Crippen MR) is 86.9 cm³/mol. The molecule has 3 nitrogen and oxygen atoms in total. The van der Waals surface area contributed by atoms with Gasteiger partial charge in [0, 0.05) is 23.2 Å². The van der Waals surface area contributed by atoms with Crippen LogP contribution in [0.5, 0.6) is 0 Å². The van der Waals surface area contributed by atoms with Gasteiger partial charge in [0.1, 0.15) is 0 Å². The highest BCUT2D eigenvalue weighted by Crippen LogP contribution is 2.22. The quantitative estimate of drug-likeness (QED) is 0.911. The first-order valence-corrected chi connectivity index (χ1v) is 8.01. The number of aryl methyl sites for hydroxylation is 1. The first-order valence-electron chi connectivity index (χ1n) is 7.22. The third kappa shape index (κ3) is 4.32. The number of nitrogens with one attached hydrogen (secondary N) is 1. The number of hydrogen-bond donors (Lipinski definition) is 1. The van der Waals surface area contributed by atoms with E-state index in [2.05, 4.69) is 40.0 Å². The molecule has 1 aliphatic rings. The SMILES string of the molecule is Cc1cc(Br)ccc1NC(=O)CN1C[C@H](C)C[C@H](C)C1. The average Bonchev–Trinajstić information content (AvgIpc) is 2.31. The number of anilines is 1. The number of nitrogens with zero attached hydrogens (tertiary/aromatic N) is 1. The normalized spacial score (nSPS) is 23.6. The topological polar surface area (TPSA) is 32.3 Å². The Kier molecular flexibility index (Phi) is 5.22. The lowest BCUT2D eigenvalue weighted by Crippen LogP contribution is -2.42. The molecule has 1 saturated heterocycles. The van der Waals surface area contributed by atoms with Gasteiger partial charge < -0.3 is 5.32 Å². The van der Waals surface area contributed by atoms with E-state index < -0.39 is 0 Å². The standard InChI is InChI=1S/C16H23BrN2O/c1-11-6-12(2)9-19(8-11)10-16(20)18-15-5-4-14(17)7-13(15)3/h4-5,7,11-12H,6,8-10H2,1-3H3,(H,18,20)/t11-,12+. The monoisotopic (exact) mass is 338 g/mol. The second-order valence-corrected chi connectivity index (χ2v) is 7.06. The molecule has 0 saturated carbocycles. The molecule has 1 N–H and O–H groups in total. The van der Waals surface area contributed by atoms with Gasteiger partial charge in [-0.2, -0.15) is 0 Å². The maximum atomic E-state index is 12.2. The molecule has 4 heteroatoms. The van der Waals surface area contributed by atoms with E-state index in [0.717, 1.165) is 28.8 Å². The molecule has 0 aliphatic carbocycles. The Hall–Kier alpha value is -0.870. The molecule has 2 rings (SSSR count). The average molecular weight is 339 g/mol. The number of amides is 1. The maximum Gasteiger partial charge on any atom is 0.238 e. The molecule has 1 aromatic carbocycles. The van der Waals surface area contributed by atoms with Crippen molar-refractivity contribution in [1.29, 1.82) is 0 Å². The lowest BCUT2D eigenvalue weighted by molar-refractivity contribution is -0.117. The van der Waals surface area contributed by atoms with Crippen LogP contribution in [0, 0.1) is 18.8 Å². The van der Waals surface area contributed by atoms with Crippen molar-refractivity contribution in [2.24, 2.45) is 11.8 Å². The molecule has 110 valence electrons. The molecule has 1 aromatic rings. The summed E-state index contributed by atoms with van der Waals surface area (Å²) in [5.74, 6) is 1.44. The van der Waals surface area contributed by atoms with Gasteiger partial charge in [0.25, 0.3) is 0 Å². The fourth-order valence-electron chi connectivity index (χ4n) is 3.08. The molecule has 1 fully saturated rings. The van der Waals surface area contributed by atoms with Gasteiger partial charge in [0.15, 0.2) is 0 Å². The molecule has 1 aliphatic heterocycles. The van der Waals surface area contributed by atoms with Crippen LogP contribution in [0.15, 0.2) is 22.7 Å². The highest BCUT2D eigenvalue weighted by Gasteiger charge is 2.23. The molecule has 0 radical (unpaired) electrons. The number of hydrogen-bond acceptors (Lipinski definition) is 2. The first kappa shape index (κ1) is 15.5. The zero-order valence-electron chi connectivity index (χ0n) is 12.4. The van der Waals surface area contributed by atoms with Crippen LogP contribution in [0.1, 0.15) is 25.8 Å². The molecule has 1 amide bonds.